The molecular formula is C14H20BrI. The van der Waals surface area contributed by atoms with Crippen LogP contribution >= 0.6 is 38.5 Å². The fourth-order valence-electron chi connectivity index (χ4n) is 5.71. The molecule has 0 aliphatic heterocycles. The third-order valence-electron chi connectivity index (χ3n) is 6.64. The molecule has 4 aliphatic carbocycles. The molecule has 0 amide bonds. The van der Waals surface area contributed by atoms with Crippen LogP contribution in [0.1, 0.15) is 64.2 Å². The third-order valence-corrected chi connectivity index (χ3v) is 9.18. The molecule has 4 fully saturated rings. The van der Waals surface area contributed by atoms with Crippen molar-refractivity contribution in [1.82, 2.24) is 0 Å². The first-order valence-electron chi connectivity index (χ1n) is 6.87. The van der Waals surface area contributed by atoms with Crippen molar-refractivity contribution < 1.29 is 0 Å². The Hall–Kier alpha value is 1.21. The molecule has 0 nitrogen and oxygen atoms in total. The zero-order chi connectivity index (χ0) is 11.1. The molecule has 0 heterocycles. The van der Waals surface area contributed by atoms with Gasteiger partial charge in [0.05, 0.1) is 0 Å². The molecule has 0 aromatic carbocycles. The average Bonchev–Trinajstić information content (AvgIpc) is 2.93. The van der Waals surface area contributed by atoms with Gasteiger partial charge in [0.25, 0.3) is 0 Å². The molecular weight excluding hydrogens is 375 g/mol. The number of hydrogen-bond donors (Lipinski definition) is 0. The van der Waals surface area contributed by atoms with Crippen molar-refractivity contribution in [2.75, 3.05) is 0 Å². The summed E-state index contributed by atoms with van der Waals surface area (Å²) in [6, 6.07) is 0. The van der Waals surface area contributed by atoms with Gasteiger partial charge in [0.2, 0.25) is 0 Å². The summed E-state index contributed by atoms with van der Waals surface area (Å²) in [5.74, 6) is 0. The molecule has 4 bridgehead atoms. The first-order valence-corrected chi connectivity index (χ1v) is 8.74. The lowest BCUT2D eigenvalue weighted by Gasteiger charge is -2.44. The second-order valence-corrected chi connectivity index (χ2v) is 11.2. The molecule has 0 saturated heterocycles. The minimum atomic E-state index is 0.570. The van der Waals surface area contributed by atoms with Crippen LogP contribution in [0.5, 0.6) is 0 Å². The number of rotatable bonds is 1. The number of fused-ring (bicyclic) bond motifs is 5. The summed E-state index contributed by atoms with van der Waals surface area (Å²) in [5, 5.41) is 0. The van der Waals surface area contributed by atoms with E-state index in [0.717, 1.165) is 10.8 Å². The molecule has 4 saturated carbocycles. The smallest absolute Gasteiger partial charge is 0.0264 e. The molecule has 16 heavy (non-hydrogen) atoms. The number of hydrogen-bond acceptors (Lipinski definition) is 0. The van der Waals surface area contributed by atoms with Gasteiger partial charge in [-0.2, -0.15) is 0 Å². The monoisotopic (exact) mass is 394 g/mol. The van der Waals surface area contributed by atoms with Crippen LogP contribution in [-0.4, -0.2) is 7.75 Å². The van der Waals surface area contributed by atoms with Gasteiger partial charge >= 0.3 is 0 Å². The van der Waals surface area contributed by atoms with Crippen LogP contribution in [0.4, 0.5) is 0 Å². The highest BCUT2D eigenvalue weighted by molar-refractivity contribution is 14.1. The van der Waals surface area contributed by atoms with E-state index in [1.165, 1.54) is 44.9 Å². The second kappa shape index (κ2) is 3.02. The first kappa shape index (κ1) is 11.1. The van der Waals surface area contributed by atoms with Gasteiger partial charge in [-0.1, -0.05) is 38.5 Å². The largest absolute Gasteiger partial charge is 0.0853 e. The maximum absolute atomic E-state index is 4.05. The predicted molar refractivity (Wildman–Crippen MR) is 79.4 cm³/mol. The molecule has 90 valence electrons. The molecule has 0 N–H and O–H groups in total. The van der Waals surface area contributed by atoms with E-state index < -0.39 is 0 Å². The summed E-state index contributed by atoms with van der Waals surface area (Å²) in [4.78, 5) is 0. The van der Waals surface area contributed by atoms with E-state index in [4.69, 9.17) is 0 Å². The normalized spacial score (nSPS) is 63.4. The van der Waals surface area contributed by atoms with E-state index in [1.807, 2.05) is 0 Å². The minimum Gasteiger partial charge on any atom is -0.0853 e. The summed E-state index contributed by atoms with van der Waals surface area (Å²) in [7, 11) is 0. The van der Waals surface area contributed by atoms with E-state index in [1.54, 1.807) is 19.3 Å². The van der Waals surface area contributed by atoms with Crippen molar-refractivity contribution in [3.63, 3.8) is 0 Å². The third kappa shape index (κ3) is 1.22. The fourth-order valence-corrected chi connectivity index (χ4v) is 7.91. The number of halogens is 2. The number of alkyl halides is 2. The van der Waals surface area contributed by atoms with Crippen LogP contribution in [0, 0.1) is 10.8 Å². The molecule has 0 radical (unpaired) electrons. The summed E-state index contributed by atoms with van der Waals surface area (Å²) < 4.78 is 1.29. The van der Waals surface area contributed by atoms with E-state index in [0.29, 0.717) is 7.75 Å². The van der Waals surface area contributed by atoms with Crippen LogP contribution in [0.2, 0.25) is 0 Å². The van der Waals surface area contributed by atoms with E-state index in [9.17, 15) is 0 Å². The zero-order valence-electron chi connectivity index (χ0n) is 9.83. The Labute approximate surface area is 121 Å². The van der Waals surface area contributed by atoms with Gasteiger partial charge in [-0.15, -0.1) is 0 Å². The highest BCUT2D eigenvalue weighted by Gasteiger charge is 2.67. The molecule has 4 rings (SSSR count). The standard InChI is InChI=1S/C14H20BrI/c15-13-5-1-11(9-13,2-6-13)12-3-7-14(16,10-12)8-4-12/h1-10H2. The Morgan fingerprint density at radius 2 is 1.19 bits per heavy atom. The molecule has 0 aromatic heterocycles. The Bertz CT molecular complexity index is 299. The Kier molecular flexibility index (Phi) is 2.09. The first-order chi connectivity index (χ1) is 7.49. The Morgan fingerprint density at radius 3 is 1.56 bits per heavy atom. The fraction of sp³-hybridized carbons (Fsp3) is 1.00. The second-order valence-electron chi connectivity index (χ2n) is 7.22. The van der Waals surface area contributed by atoms with Crippen LogP contribution in [-0.2, 0) is 0 Å². The lowest BCUT2D eigenvalue weighted by molar-refractivity contribution is 0.0499. The molecule has 4 aliphatic rings. The summed E-state index contributed by atoms with van der Waals surface area (Å²) in [6.45, 7) is 0. The van der Waals surface area contributed by atoms with Gasteiger partial charge in [-0.05, 0) is 75.0 Å². The topological polar surface area (TPSA) is 0 Å². The van der Waals surface area contributed by atoms with E-state index in [-0.39, 0.29) is 0 Å². The highest BCUT2D eigenvalue weighted by Crippen LogP contribution is 2.76. The van der Waals surface area contributed by atoms with Gasteiger partial charge in [-0.25, -0.2) is 0 Å². The summed E-state index contributed by atoms with van der Waals surface area (Å²) in [6.07, 6.45) is 15.2. The van der Waals surface area contributed by atoms with Crippen molar-refractivity contribution in [3.8, 4) is 0 Å². The van der Waals surface area contributed by atoms with Crippen LogP contribution in [0.3, 0.4) is 0 Å². The predicted octanol–water partition coefficient (Wildman–Crippen LogP) is 5.22. The highest BCUT2D eigenvalue weighted by atomic mass is 127. The molecule has 2 heteroatoms. The van der Waals surface area contributed by atoms with E-state index in [2.05, 4.69) is 38.5 Å². The van der Waals surface area contributed by atoms with E-state index >= 15 is 0 Å². The lowest BCUT2D eigenvalue weighted by atomic mass is 9.60. The van der Waals surface area contributed by atoms with Gasteiger partial charge in [0.1, 0.15) is 0 Å². The average molecular weight is 395 g/mol. The van der Waals surface area contributed by atoms with Gasteiger partial charge in [0.15, 0.2) is 0 Å². The maximum Gasteiger partial charge on any atom is 0.0264 e. The molecule has 0 aromatic rings. The van der Waals surface area contributed by atoms with Crippen molar-refractivity contribution in [1.29, 1.82) is 0 Å². The zero-order valence-corrected chi connectivity index (χ0v) is 13.6. The maximum atomic E-state index is 4.05. The van der Waals surface area contributed by atoms with Crippen molar-refractivity contribution in [2.45, 2.75) is 72.0 Å². The molecule has 0 atom stereocenters. The van der Waals surface area contributed by atoms with Gasteiger partial charge < -0.3 is 0 Å². The van der Waals surface area contributed by atoms with Crippen LogP contribution in [0.15, 0.2) is 0 Å². The van der Waals surface area contributed by atoms with Gasteiger partial charge in [-0.3, -0.25) is 0 Å². The Morgan fingerprint density at radius 1 is 0.688 bits per heavy atom. The van der Waals surface area contributed by atoms with Crippen molar-refractivity contribution in [3.05, 3.63) is 0 Å². The van der Waals surface area contributed by atoms with Crippen molar-refractivity contribution in [2.24, 2.45) is 10.8 Å². The quantitative estimate of drug-likeness (QED) is 0.422. The molecule has 0 spiro atoms. The summed E-state index contributed by atoms with van der Waals surface area (Å²) in [5.41, 5.74) is 1.54. The molecule has 0 unspecified atom stereocenters. The van der Waals surface area contributed by atoms with Crippen LogP contribution < -0.4 is 0 Å². The SMILES string of the molecule is BrC12CCC(C34CCC(I)(CC3)C4)(CC1)C2. The van der Waals surface area contributed by atoms with Gasteiger partial charge in [0, 0.05) is 7.75 Å². The van der Waals surface area contributed by atoms with Crippen molar-refractivity contribution >= 4 is 38.5 Å². The van der Waals surface area contributed by atoms with Crippen LogP contribution in [0.25, 0.3) is 0 Å². The minimum absolute atomic E-state index is 0.570. The summed E-state index contributed by atoms with van der Waals surface area (Å²) >= 11 is 6.84. The lowest BCUT2D eigenvalue weighted by Crippen LogP contribution is -2.35. The Balaban J connectivity index is 1.72.